The Morgan fingerprint density at radius 1 is 1.27 bits per heavy atom. The summed E-state index contributed by atoms with van der Waals surface area (Å²) in [5.41, 5.74) is 2.37. The van der Waals surface area contributed by atoms with Crippen LogP contribution in [0.3, 0.4) is 0 Å². The fourth-order valence-corrected chi connectivity index (χ4v) is 3.24. The molecule has 0 saturated carbocycles. The molecule has 0 aliphatic carbocycles. The number of hydrogen-bond acceptors (Lipinski definition) is 4. The average molecular weight is 355 g/mol. The van der Waals surface area contributed by atoms with Crippen molar-refractivity contribution in [1.29, 1.82) is 5.26 Å². The Balaban J connectivity index is 1.65. The molecule has 1 fully saturated rings. The van der Waals surface area contributed by atoms with Gasteiger partial charge < -0.3 is 10.2 Å². The van der Waals surface area contributed by atoms with E-state index < -0.39 is 11.6 Å². The van der Waals surface area contributed by atoms with E-state index in [0.717, 1.165) is 19.0 Å². The van der Waals surface area contributed by atoms with Crippen LogP contribution in [0.1, 0.15) is 29.3 Å². The van der Waals surface area contributed by atoms with Crippen LogP contribution in [-0.2, 0) is 0 Å². The quantitative estimate of drug-likeness (QED) is 0.825. The standard InChI is InChI=1S/C20H19F2N3O/c1-13(26)17-4-2-14(10-23)8-20(17)24-11-15-6-7-25(12-15)16-3-5-18(21)19(22)9-16/h2-5,8-9,15,24H,6-7,11-12H2,1H3. The van der Waals surface area contributed by atoms with Crippen molar-refractivity contribution >= 4 is 17.2 Å². The minimum atomic E-state index is -0.847. The van der Waals surface area contributed by atoms with Crippen LogP contribution in [-0.4, -0.2) is 25.4 Å². The molecular weight excluding hydrogens is 336 g/mol. The van der Waals surface area contributed by atoms with Gasteiger partial charge in [0.05, 0.1) is 11.6 Å². The van der Waals surface area contributed by atoms with Crippen molar-refractivity contribution in [3.8, 4) is 6.07 Å². The maximum atomic E-state index is 13.4. The van der Waals surface area contributed by atoms with Gasteiger partial charge in [-0.1, -0.05) is 0 Å². The van der Waals surface area contributed by atoms with Crippen LogP contribution < -0.4 is 10.2 Å². The summed E-state index contributed by atoms with van der Waals surface area (Å²) in [5.74, 6) is -1.45. The molecule has 1 unspecified atom stereocenters. The maximum absolute atomic E-state index is 13.4. The molecule has 0 amide bonds. The van der Waals surface area contributed by atoms with Crippen molar-refractivity contribution in [2.75, 3.05) is 29.9 Å². The second kappa shape index (κ2) is 7.52. The third-order valence-electron chi connectivity index (χ3n) is 4.66. The summed E-state index contributed by atoms with van der Waals surface area (Å²) in [6.07, 6.45) is 0.902. The number of nitriles is 1. The number of carbonyl (C=O) groups excluding carboxylic acids is 1. The normalized spacial score (nSPS) is 16.4. The Morgan fingerprint density at radius 2 is 2.08 bits per heavy atom. The monoisotopic (exact) mass is 355 g/mol. The summed E-state index contributed by atoms with van der Waals surface area (Å²) in [4.78, 5) is 13.8. The SMILES string of the molecule is CC(=O)c1ccc(C#N)cc1NCC1CCN(c2ccc(F)c(F)c2)C1. The lowest BCUT2D eigenvalue weighted by Crippen LogP contribution is -2.23. The first-order valence-corrected chi connectivity index (χ1v) is 8.47. The number of hydrogen-bond donors (Lipinski definition) is 1. The lowest BCUT2D eigenvalue weighted by molar-refractivity contribution is 0.101. The van der Waals surface area contributed by atoms with Crippen LogP contribution >= 0.6 is 0 Å². The highest BCUT2D eigenvalue weighted by molar-refractivity contribution is 5.99. The summed E-state index contributed by atoms with van der Waals surface area (Å²) in [5, 5.41) is 12.3. The summed E-state index contributed by atoms with van der Waals surface area (Å²) in [7, 11) is 0. The Kier molecular flexibility index (Phi) is 5.17. The van der Waals surface area contributed by atoms with E-state index in [2.05, 4.69) is 11.4 Å². The predicted molar refractivity (Wildman–Crippen MR) is 96.3 cm³/mol. The highest BCUT2D eigenvalue weighted by Gasteiger charge is 2.23. The average Bonchev–Trinajstić information content (AvgIpc) is 3.10. The minimum absolute atomic E-state index is 0.0631. The molecule has 1 atom stereocenters. The van der Waals surface area contributed by atoms with E-state index in [1.807, 2.05) is 4.90 Å². The number of rotatable bonds is 5. The smallest absolute Gasteiger partial charge is 0.161 e. The Bertz CT molecular complexity index is 876. The largest absolute Gasteiger partial charge is 0.384 e. The van der Waals surface area contributed by atoms with Crippen LogP contribution in [0.5, 0.6) is 0 Å². The first-order valence-electron chi connectivity index (χ1n) is 8.47. The van der Waals surface area contributed by atoms with Crippen molar-refractivity contribution < 1.29 is 13.6 Å². The van der Waals surface area contributed by atoms with E-state index in [9.17, 15) is 13.6 Å². The van der Waals surface area contributed by atoms with Gasteiger partial charge in [-0.05, 0) is 49.6 Å². The Labute approximate surface area is 151 Å². The number of benzene rings is 2. The molecule has 0 radical (unpaired) electrons. The van der Waals surface area contributed by atoms with Gasteiger partial charge in [0.25, 0.3) is 0 Å². The minimum Gasteiger partial charge on any atom is -0.384 e. The second-order valence-corrected chi connectivity index (χ2v) is 6.51. The zero-order chi connectivity index (χ0) is 18.7. The molecule has 1 aliphatic heterocycles. The zero-order valence-corrected chi connectivity index (χ0v) is 14.4. The molecule has 2 aromatic carbocycles. The third-order valence-corrected chi connectivity index (χ3v) is 4.66. The lowest BCUT2D eigenvalue weighted by atomic mass is 10.0. The van der Waals surface area contributed by atoms with Crippen molar-refractivity contribution in [2.45, 2.75) is 13.3 Å². The molecule has 0 aromatic heterocycles. The molecule has 1 aliphatic rings. The van der Waals surface area contributed by atoms with Gasteiger partial charge in [-0.25, -0.2) is 8.78 Å². The van der Waals surface area contributed by atoms with Gasteiger partial charge in [0, 0.05) is 42.6 Å². The van der Waals surface area contributed by atoms with Crippen molar-refractivity contribution in [3.05, 3.63) is 59.2 Å². The molecule has 1 heterocycles. The first-order chi connectivity index (χ1) is 12.5. The number of carbonyl (C=O) groups is 1. The molecule has 0 spiro atoms. The molecule has 4 nitrogen and oxygen atoms in total. The number of Topliss-reactive ketones (excluding diaryl/α,β-unsaturated/α-hetero) is 1. The van der Waals surface area contributed by atoms with Gasteiger partial charge in [-0.15, -0.1) is 0 Å². The number of nitrogens with one attached hydrogen (secondary N) is 1. The van der Waals surface area contributed by atoms with E-state index in [4.69, 9.17) is 5.26 Å². The molecule has 3 rings (SSSR count). The Hall–Kier alpha value is -2.94. The van der Waals surface area contributed by atoms with E-state index >= 15 is 0 Å². The number of anilines is 2. The van der Waals surface area contributed by atoms with Crippen LogP contribution in [0.2, 0.25) is 0 Å². The fraction of sp³-hybridized carbons (Fsp3) is 0.300. The molecule has 1 N–H and O–H groups in total. The van der Waals surface area contributed by atoms with E-state index in [-0.39, 0.29) is 5.78 Å². The van der Waals surface area contributed by atoms with Gasteiger partial charge in [0.1, 0.15) is 0 Å². The molecule has 0 bridgehead atoms. The number of halogens is 2. The molecule has 6 heteroatoms. The first kappa shape index (κ1) is 17.9. The summed E-state index contributed by atoms with van der Waals surface area (Å²) in [6.45, 7) is 3.60. The summed E-state index contributed by atoms with van der Waals surface area (Å²) >= 11 is 0. The fourth-order valence-electron chi connectivity index (χ4n) is 3.24. The predicted octanol–water partition coefficient (Wildman–Crippen LogP) is 3.98. The van der Waals surface area contributed by atoms with Gasteiger partial charge in [0.15, 0.2) is 17.4 Å². The van der Waals surface area contributed by atoms with E-state index in [0.29, 0.717) is 41.5 Å². The van der Waals surface area contributed by atoms with E-state index in [1.54, 1.807) is 24.3 Å². The molecular formula is C20H19F2N3O. The summed E-state index contributed by atoms with van der Waals surface area (Å²) < 4.78 is 26.5. The topological polar surface area (TPSA) is 56.1 Å². The second-order valence-electron chi connectivity index (χ2n) is 6.51. The number of nitrogens with zero attached hydrogens (tertiary/aromatic N) is 2. The highest BCUT2D eigenvalue weighted by atomic mass is 19.2. The van der Waals surface area contributed by atoms with Gasteiger partial charge in [-0.3, -0.25) is 4.79 Å². The highest BCUT2D eigenvalue weighted by Crippen LogP contribution is 2.26. The van der Waals surface area contributed by atoms with Crippen LogP contribution in [0.15, 0.2) is 36.4 Å². The van der Waals surface area contributed by atoms with E-state index in [1.165, 1.54) is 13.0 Å². The number of ketones is 1. The van der Waals surface area contributed by atoms with Crippen LogP contribution in [0, 0.1) is 28.9 Å². The Morgan fingerprint density at radius 3 is 2.77 bits per heavy atom. The third kappa shape index (κ3) is 3.83. The molecule has 2 aromatic rings. The molecule has 26 heavy (non-hydrogen) atoms. The van der Waals surface area contributed by atoms with Crippen molar-refractivity contribution in [3.63, 3.8) is 0 Å². The molecule has 1 saturated heterocycles. The van der Waals surface area contributed by atoms with Crippen molar-refractivity contribution in [1.82, 2.24) is 0 Å². The lowest BCUT2D eigenvalue weighted by Gasteiger charge is -2.19. The van der Waals surface area contributed by atoms with Gasteiger partial charge in [-0.2, -0.15) is 5.26 Å². The van der Waals surface area contributed by atoms with Crippen molar-refractivity contribution in [2.24, 2.45) is 5.92 Å². The summed E-state index contributed by atoms with van der Waals surface area (Å²) in [6, 6.07) is 11.0. The van der Waals surface area contributed by atoms with Crippen LogP contribution in [0.25, 0.3) is 0 Å². The molecule has 134 valence electrons. The van der Waals surface area contributed by atoms with Gasteiger partial charge in [0.2, 0.25) is 0 Å². The zero-order valence-electron chi connectivity index (χ0n) is 14.4. The van der Waals surface area contributed by atoms with Crippen LogP contribution in [0.4, 0.5) is 20.2 Å². The van der Waals surface area contributed by atoms with Gasteiger partial charge >= 0.3 is 0 Å². The maximum Gasteiger partial charge on any atom is 0.161 e.